The average Bonchev–Trinajstić information content (AvgIpc) is 3.87. The number of aliphatic hydroxyl groups is 1. The molecule has 0 saturated carbocycles. The number of aromatic amines is 1. The number of ether oxygens (including phenoxy) is 2. The smallest absolute Gasteiger partial charge is 0.253 e. The van der Waals surface area contributed by atoms with Gasteiger partial charge in [0, 0.05) is 49.1 Å². The van der Waals surface area contributed by atoms with Gasteiger partial charge in [0.15, 0.2) is 11.5 Å². The van der Waals surface area contributed by atoms with Crippen LogP contribution in [0.3, 0.4) is 0 Å². The Morgan fingerprint density at radius 1 is 0.981 bits per heavy atom. The second-order valence-corrected chi connectivity index (χ2v) is 13.7. The van der Waals surface area contributed by atoms with Crippen molar-refractivity contribution in [2.45, 2.75) is 77.8 Å². The highest BCUT2D eigenvalue weighted by Gasteiger charge is 2.30. The van der Waals surface area contributed by atoms with E-state index < -0.39 is 35.9 Å². The number of hydrogen-bond donors (Lipinski definition) is 5. The van der Waals surface area contributed by atoms with Gasteiger partial charge in [0.05, 0.1) is 25.6 Å². The molecule has 0 radical (unpaired) electrons. The fourth-order valence-electron chi connectivity index (χ4n) is 6.11. The number of aliphatic hydroxyl groups excluding tert-OH is 1. The molecule has 1 aliphatic heterocycles. The van der Waals surface area contributed by atoms with Crippen LogP contribution in [-0.4, -0.2) is 104 Å². The number of nitrogens with one attached hydrogen (secondary N) is 4. The van der Waals surface area contributed by atoms with Crippen LogP contribution in [0, 0.1) is 5.92 Å². The molecule has 54 heavy (non-hydrogen) atoms. The third kappa shape index (κ3) is 10.7. The summed E-state index contributed by atoms with van der Waals surface area (Å²) in [4.78, 5) is 55.9. The minimum absolute atomic E-state index is 0.0155. The maximum atomic E-state index is 13.9. The van der Waals surface area contributed by atoms with E-state index in [1.165, 1.54) is 20.1 Å². The average molecular weight is 744 g/mol. The second-order valence-electron chi connectivity index (χ2n) is 13.7. The molecule has 4 bridgehead atoms. The lowest BCUT2D eigenvalue weighted by atomic mass is 10.0. The SMILES string of the molecule is COc1ccc2cc1OCc1cn(nn1)CCCN(C(=O)c1cccc(-c3cn[nH]c3)c1)CCCCNC(=O)[C@H]([C@@H](C)O)NC(=O)[C@@H](CC(C)C)NC2=O. The zero-order valence-electron chi connectivity index (χ0n) is 31.1. The number of carbonyl (C=O) groups is 4. The Kier molecular flexibility index (Phi) is 13.7. The summed E-state index contributed by atoms with van der Waals surface area (Å²) < 4.78 is 13.2. The van der Waals surface area contributed by atoms with Gasteiger partial charge < -0.3 is 35.4 Å². The van der Waals surface area contributed by atoms with Crippen molar-refractivity contribution in [3.8, 4) is 22.6 Å². The number of nitrogens with zero attached hydrogens (tertiary/aromatic N) is 5. The number of aromatic nitrogens is 5. The molecular formula is C38H49N9O7. The number of amides is 4. The maximum absolute atomic E-state index is 13.9. The molecule has 0 spiro atoms. The molecule has 0 unspecified atom stereocenters. The van der Waals surface area contributed by atoms with Gasteiger partial charge in [-0.2, -0.15) is 5.10 Å². The standard InChI is InChI=1S/C38H49N9O7/c1-24(2)17-31-36(50)43-34(25(3)48)37(51)39-13-5-6-14-46(38(52)28-10-7-9-26(18-28)29-20-40-41-21-29)15-8-16-47-22-30(44-45-47)23-54-33-19-27(35(49)42-31)11-12-32(33)53-4/h7,9-12,18-22,24-25,31,34,48H,5-6,8,13-17,23H2,1-4H3,(H,39,51)(H,40,41)(H,42,49)(H,43,50)/t25-,31-,34+/m1/s1. The highest BCUT2D eigenvalue weighted by atomic mass is 16.5. The largest absolute Gasteiger partial charge is 0.493 e. The second kappa shape index (κ2) is 18.8. The predicted molar refractivity (Wildman–Crippen MR) is 198 cm³/mol. The molecule has 3 heterocycles. The highest BCUT2D eigenvalue weighted by molar-refractivity contribution is 5.99. The Bertz CT molecular complexity index is 1880. The number of benzene rings is 2. The van der Waals surface area contributed by atoms with Gasteiger partial charge in [-0.05, 0) is 74.4 Å². The number of carbonyl (C=O) groups excluding carboxylic acids is 4. The van der Waals surface area contributed by atoms with Crippen LogP contribution in [0.2, 0.25) is 0 Å². The molecule has 3 atom stereocenters. The number of hydrogen-bond acceptors (Lipinski definition) is 10. The quantitative estimate of drug-likeness (QED) is 0.195. The summed E-state index contributed by atoms with van der Waals surface area (Å²) in [6.45, 7) is 6.89. The number of rotatable bonds is 6. The van der Waals surface area contributed by atoms with Crippen LogP contribution in [-0.2, 0) is 22.7 Å². The first-order valence-electron chi connectivity index (χ1n) is 18.2. The van der Waals surface area contributed by atoms with Crippen LogP contribution >= 0.6 is 0 Å². The molecule has 288 valence electrons. The lowest BCUT2D eigenvalue weighted by molar-refractivity contribution is -0.132. The molecule has 5 N–H and O–H groups in total. The molecule has 5 rings (SSSR count). The maximum Gasteiger partial charge on any atom is 0.253 e. The summed E-state index contributed by atoms with van der Waals surface area (Å²) in [7, 11) is 1.49. The Balaban J connectivity index is 1.38. The summed E-state index contributed by atoms with van der Waals surface area (Å²) in [5, 5.41) is 34.0. The topological polar surface area (TPSA) is 206 Å². The molecule has 4 amide bonds. The molecule has 16 heteroatoms. The van der Waals surface area contributed by atoms with Gasteiger partial charge in [-0.1, -0.05) is 31.2 Å². The van der Waals surface area contributed by atoms with Crippen LogP contribution in [0.25, 0.3) is 11.1 Å². The first-order chi connectivity index (χ1) is 26.0. The molecule has 1 aliphatic rings. The van der Waals surface area contributed by atoms with Crippen LogP contribution in [0.5, 0.6) is 11.5 Å². The summed E-state index contributed by atoms with van der Waals surface area (Å²) >= 11 is 0. The monoisotopic (exact) mass is 743 g/mol. The van der Waals surface area contributed by atoms with Crippen molar-refractivity contribution in [3.63, 3.8) is 0 Å². The molecule has 2 aromatic carbocycles. The van der Waals surface area contributed by atoms with Crippen LogP contribution in [0.4, 0.5) is 0 Å². The van der Waals surface area contributed by atoms with Crippen molar-refractivity contribution in [2.75, 3.05) is 26.7 Å². The number of H-pyrrole nitrogens is 1. The summed E-state index contributed by atoms with van der Waals surface area (Å²) in [5.41, 5.74) is 3.05. The van der Waals surface area contributed by atoms with Gasteiger partial charge in [0.25, 0.3) is 11.8 Å². The van der Waals surface area contributed by atoms with E-state index >= 15 is 0 Å². The van der Waals surface area contributed by atoms with E-state index in [1.54, 1.807) is 46.4 Å². The lowest BCUT2D eigenvalue weighted by Gasteiger charge is -2.26. The van der Waals surface area contributed by atoms with Crippen molar-refractivity contribution in [3.05, 3.63) is 77.9 Å². The van der Waals surface area contributed by atoms with Gasteiger partial charge in [-0.3, -0.25) is 29.0 Å². The first kappa shape index (κ1) is 39.4. The van der Waals surface area contributed by atoms with Gasteiger partial charge in [-0.25, -0.2) is 0 Å². The third-order valence-corrected chi connectivity index (χ3v) is 8.98. The highest BCUT2D eigenvalue weighted by Crippen LogP contribution is 2.29. The van der Waals surface area contributed by atoms with E-state index in [0.29, 0.717) is 55.9 Å². The Morgan fingerprint density at radius 3 is 2.54 bits per heavy atom. The van der Waals surface area contributed by atoms with Crippen molar-refractivity contribution in [1.29, 1.82) is 0 Å². The van der Waals surface area contributed by atoms with Gasteiger partial charge in [0.2, 0.25) is 11.8 Å². The first-order valence-corrected chi connectivity index (χ1v) is 18.2. The fraction of sp³-hybridized carbons (Fsp3) is 0.447. The summed E-state index contributed by atoms with van der Waals surface area (Å²) in [6, 6.07) is 9.80. The Morgan fingerprint density at radius 2 is 1.80 bits per heavy atom. The van der Waals surface area contributed by atoms with Crippen molar-refractivity contribution in [2.24, 2.45) is 5.92 Å². The number of methoxy groups -OCH3 is 1. The lowest BCUT2D eigenvalue weighted by Crippen LogP contribution is -2.57. The minimum atomic E-state index is -1.26. The minimum Gasteiger partial charge on any atom is -0.493 e. The molecule has 0 aliphatic carbocycles. The van der Waals surface area contributed by atoms with E-state index in [4.69, 9.17) is 9.47 Å². The van der Waals surface area contributed by atoms with E-state index in [2.05, 4.69) is 36.5 Å². The van der Waals surface area contributed by atoms with Crippen molar-refractivity contribution >= 4 is 23.6 Å². The summed E-state index contributed by atoms with van der Waals surface area (Å²) in [5.74, 6) is -1.13. The van der Waals surface area contributed by atoms with Gasteiger partial charge in [0.1, 0.15) is 24.4 Å². The van der Waals surface area contributed by atoms with Crippen LogP contribution in [0.1, 0.15) is 72.9 Å². The zero-order valence-corrected chi connectivity index (χ0v) is 31.1. The van der Waals surface area contributed by atoms with Crippen LogP contribution in [0.15, 0.2) is 61.1 Å². The third-order valence-electron chi connectivity index (χ3n) is 8.98. The normalized spacial score (nSPS) is 18.8. The molecular weight excluding hydrogens is 694 g/mol. The van der Waals surface area contributed by atoms with Crippen LogP contribution < -0.4 is 25.4 Å². The predicted octanol–water partition coefficient (Wildman–Crippen LogP) is 2.71. The number of aryl methyl sites for hydroxylation is 1. The van der Waals surface area contributed by atoms with Crippen molar-refractivity contribution < 1.29 is 33.8 Å². The van der Waals surface area contributed by atoms with Crippen molar-refractivity contribution in [1.82, 2.24) is 46.0 Å². The number of fused-ring (bicyclic) bond motifs is 4. The van der Waals surface area contributed by atoms with E-state index in [-0.39, 0.29) is 42.7 Å². The Hall–Kier alpha value is -5.77. The van der Waals surface area contributed by atoms with E-state index in [1.807, 2.05) is 32.0 Å². The molecule has 0 fully saturated rings. The molecule has 16 nitrogen and oxygen atoms in total. The van der Waals surface area contributed by atoms with E-state index in [9.17, 15) is 24.3 Å². The zero-order chi connectivity index (χ0) is 38.6. The van der Waals surface area contributed by atoms with Gasteiger partial charge in [-0.15, -0.1) is 5.10 Å². The Labute approximate surface area is 314 Å². The fourth-order valence-corrected chi connectivity index (χ4v) is 6.11. The summed E-state index contributed by atoms with van der Waals surface area (Å²) in [6.07, 6.45) is 6.00. The van der Waals surface area contributed by atoms with Gasteiger partial charge >= 0.3 is 0 Å². The molecule has 4 aromatic rings. The molecule has 2 aromatic heterocycles. The molecule has 0 saturated heterocycles. The van der Waals surface area contributed by atoms with E-state index in [0.717, 1.165) is 11.1 Å².